The normalized spacial score (nSPS) is 10.9. The van der Waals surface area contributed by atoms with Crippen molar-refractivity contribution in [1.29, 1.82) is 0 Å². The molecule has 0 aromatic heterocycles. The molecule has 0 unspecified atom stereocenters. The Morgan fingerprint density at radius 1 is 0.900 bits per heavy atom. The van der Waals surface area contributed by atoms with Crippen molar-refractivity contribution in [3.63, 3.8) is 0 Å². The highest BCUT2D eigenvalue weighted by molar-refractivity contribution is 9.10. The van der Waals surface area contributed by atoms with Crippen LogP contribution in [0.3, 0.4) is 0 Å². The van der Waals surface area contributed by atoms with Gasteiger partial charge in [0.05, 0.1) is 12.3 Å². The van der Waals surface area contributed by atoms with E-state index < -0.39 is 16.1 Å². The Bertz CT molecular complexity index is 1140. The minimum atomic E-state index is -3.92. The Kier molecular flexibility index (Phi) is 6.96. The monoisotopic (exact) mass is 489 g/mol. The number of ether oxygens (including phenoxy) is 1. The fraction of sp³-hybridized carbons (Fsp3) is 0.0952. The SMILES string of the molecule is CCOc1ccc(Br)cc1S(=O)(=O)Nc1cccc(NC(=O)Nc2ccccc2)c1. The van der Waals surface area contributed by atoms with E-state index in [2.05, 4.69) is 31.3 Å². The van der Waals surface area contributed by atoms with E-state index in [4.69, 9.17) is 4.74 Å². The number of hydrogen-bond acceptors (Lipinski definition) is 4. The largest absolute Gasteiger partial charge is 0.492 e. The number of sulfonamides is 1. The van der Waals surface area contributed by atoms with Gasteiger partial charge in [0.15, 0.2) is 0 Å². The van der Waals surface area contributed by atoms with Gasteiger partial charge >= 0.3 is 6.03 Å². The average Bonchev–Trinajstić information content (AvgIpc) is 2.70. The number of nitrogens with one attached hydrogen (secondary N) is 3. The molecule has 0 aliphatic carbocycles. The van der Waals surface area contributed by atoms with Crippen molar-refractivity contribution in [3.05, 3.63) is 77.3 Å². The molecule has 0 fully saturated rings. The molecule has 0 spiro atoms. The molecule has 0 aliphatic rings. The van der Waals surface area contributed by atoms with Crippen molar-refractivity contribution in [1.82, 2.24) is 0 Å². The molecule has 0 bridgehead atoms. The molecule has 3 aromatic carbocycles. The van der Waals surface area contributed by atoms with Crippen LogP contribution < -0.4 is 20.1 Å². The molecule has 0 aliphatic heterocycles. The Hall–Kier alpha value is -3.04. The lowest BCUT2D eigenvalue weighted by Crippen LogP contribution is -2.19. The fourth-order valence-corrected chi connectivity index (χ4v) is 4.39. The third-order valence-electron chi connectivity index (χ3n) is 3.90. The number of anilines is 3. The van der Waals surface area contributed by atoms with Gasteiger partial charge < -0.3 is 15.4 Å². The Morgan fingerprint density at radius 3 is 2.30 bits per heavy atom. The second-order valence-electron chi connectivity index (χ2n) is 6.16. The average molecular weight is 490 g/mol. The summed E-state index contributed by atoms with van der Waals surface area (Å²) in [5, 5.41) is 5.38. The molecule has 2 amide bonds. The van der Waals surface area contributed by atoms with Gasteiger partial charge in [0.1, 0.15) is 10.6 Å². The minimum Gasteiger partial charge on any atom is -0.492 e. The molecule has 3 aromatic rings. The Labute approximate surface area is 183 Å². The lowest BCUT2D eigenvalue weighted by molar-refractivity contribution is 0.262. The predicted octanol–water partition coefficient (Wildman–Crippen LogP) is 5.29. The van der Waals surface area contributed by atoms with Crippen LogP contribution in [0, 0.1) is 0 Å². The molecule has 9 heteroatoms. The molecule has 7 nitrogen and oxygen atoms in total. The van der Waals surface area contributed by atoms with Gasteiger partial charge in [-0.2, -0.15) is 0 Å². The van der Waals surface area contributed by atoms with Crippen LogP contribution in [0.15, 0.2) is 82.2 Å². The van der Waals surface area contributed by atoms with E-state index in [9.17, 15) is 13.2 Å². The first-order valence-corrected chi connectivity index (χ1v) is 11.3. The first-order valence-electron chi connectivity index (χ1n) is 9.05. The van der Waals surface area contributed by atoms with Gasteiger partial charge in [-0.05, 0) is 55.5 Å². The zero-order chi connectivity index (χ0) is 21.6. The van der Waals surface area contributed by atoms with Gasteiger partial charge in [-0.3, -0.25) is 4.72 Å². The summed E-state index contributed by atoms with van der Waals surface area (Å²) in [5.74, 6) is 0.254. The van der Waals surface area contributed by atoms with E-state index in [1.807, 2.05) is 18.2 Å². The lowest BCUT2D eigenvalue weighted by atomic mass is 10.3. The summed E-state index contributed by atoms with van der Waals surface area (Å²) in [7, 11) is -3.92. The first-order chi connectivity index (χ1) is 14.4. The molecule has 0 heterocycles. The summed E-state index contributed by atoms with van der Waals surface area (Å²) in [5.41, 5.74) is 1.38. The maximum Gasteiger partial charge on any atom is 0.323 e. The number of para-hydroxylation sites is 1. The summed E-state index contributed by atoms with van der Waals surface area (Å²) in [6, 6.07) is 19.7. The van der Waals surface area contributed by atoms with Crippen LogP contribution in [0.5, 0.6) is 5.75 Å². The molecule has 0 saturated heterocycles. The lowest BCUT2D eigenvalue weighted by Gasteiger charge is -2.14. The van der Waals surface area contributed by atoms with Gasteiger partial charge in [0.2, 0.25) is 0 Å². The van der Waals surface area contributed by atoms with Crippen LogP contribution in [0.1, 0.15) is 6.92 Å². The molecular weight excluding hydrogens is 470 g/mol. The van der Waals surface area contributed by atoms with Gasteiger partial charge in [-0.25, -0.2) is 13.2 Å². The predicted molar refractivity (Wildman–Crippen MR) is 122 cm³/mol. The number of amides is 2. The summed E-state index contributed by atoms with van der Waals surface area (Å²) in [4.78, 5) is 12.2. The van der Waals surface area contributed by atoms with Crippen molar-refractivity contribution in [2.75, 3.05) is 22.0 Å². The molecule has 156 valence electrons. The van der Waals surface area contributed by atoms with Crippen molar-refractivity contribution in [2.45, 2.75) is 11.8 Å². The zero-order valence-electron chi connectivity index (χ0n) is 16.1. The van der Waals surface area contributed by atoms with Crippen molar-refractivity contribution >= 4 is 49.0 Å². The van der Waals surface area contributed by atoms with Gasteiger partial charge in [0, 0.05) is 15.8 Å². The molecule has 3 rings (SSSR count). The minimum absolute atomic E-state index is 0.0129. The number of hydrogen-bond donors (Lipinski definition) is 3. The fourth-order valence-electron chi connectivity index (χ4n) is 2.65. The quantitative estimate of drug-likeness (QED) is 0.419. The third kappa shape index (κ3) is 5.74. The van der Waals surface area contributed by atoms with E-state index in [1.165, 1.54) is 12.1 Å². The van der Waals surface area contributed by atoms with Crippen LogP contribution in [0.2, 0.25) is 0 Å². The van der Waals surface area contributed by atoms with Gasteiger partial charge in [-0.15, -0.1) is 0 Å². The number of urea groups is 1. The molecule has 0 atom stereocenters. The number of benzene rings is 3. The number of carbonyl (C=O) groups excluding carboxylic acids is 1. The molecule has 30 heavy (non-hydrogen) atoms. The highest BCUT2D eigenvalue weighted by Crippen LogP contribution is 2.29. The maximum atomic E-state index is 12.9. The standard InChI is InChI=1S/C21H20BrN3O4S/c1-2-29-19-12-11-15(22)13-20(19)30(27,28)25-18-10-6-9-17(14-18)24-21(26)23-16-7-4-3-5-8-16/h3-14,25H,2H2,1H3,(H2,23,24,26). The highest BCUT2D eigenvalue weighted by atomic mass is 79.9. The van der Waals surface area contributed by atoms with Crippen molar-refractivity contribution < 1.29 is 17.9 Å². The maximum absolute atomic E-state index is 12.9. The topological polar surface area (TPSA) is 96.5 Å². The van der Waals surface area contributed by atoms with E-state index in [0.717, 1.165) is 0 Å². The van der Waals surface area contributed by atoms with Crippen LogP contribution in [-0.2, 0) is 10.0 Å². The van der Waals surface area contributed by atoms with E-state index in [0.29, 0.717) is 28.1 Å². The van der Waals surface area contributed by atoms with Crippen LogP contribution >= 0.6 is 15.9 Å². The van der Waals surface area contributed by atoms with E-state index in [1.54, 1.807) is 49.4 Å². The number of rotatable bonds is 7. The summed E-state index contributed by atoms with van der Waals surface area (Å²) in [6.45, 7) is 2.11. The van der Waals surface area contributed by atoms with Crippen LogP contribution in [-0.4, -0.2) is 21.1 Å². The molecule has 3 N–H and O–H groups in total. The van der Waals surface area contributed by atoms with Crippen molar-refractivity contribution in [2.24, 2.45) is 0 Å². The van der Waals surface area contributed by atoms with E-state index in [-0.39, 0.29) is 10.6 Å². The smallest absolute Gasteiger partial charge is 0.323 e. The molecular formula is C21H20BrN3O4S. The highest BCUT2D eigenvalue weighted by Gasteiger charge is 2.20. The molecule has 0 saturated carbocycles. The molecule has 0 radical (unpaired) electrons. The van der Waals surface area contributed by atoms with Crippen molar-refractivity contribution in [3.8, 4) is 5.75 Å². The zero-order valence-corrected chi connectivity index (χ0v) is 18.5. The Balaban J connectivity index is 1.76. The number of halogens is 1. The number of carbonyl (C=O) groups is 1. The summed E-state index contributed by atoms with van der Waals surface area (Å²) >= 11 is 3.29. The van der Waals surface area contributed by atoms with Crippen LogP contribution in [0.25, 0.3) is 0 Å². The van der Waals surface area contributed by atoms with Gasteiger partial charge in [-0.1, -0.05) is 40.2 Å². The Morgan fingerprint density at radius 2 is 1.57 bits per heavy atom. The summed E-state index contributed by atoms with van der Waals surface area (Å²) in [6.07, 6.45) is 0. The van der Waals surface area contributed by atoms with E-state index >= 15 is 0 Å². The van der Waals surface area contributed by atoms with Gasteiger partial charge in [0.25, 0.3) is 10.0 Å². The third-order valence-corrected chi connectivity index (χ3v) is 5.80. The van der Waals surface area contributed by atoms with Crippen LogP contribution in [0.4, 0.5) is 21.9 Å². The summed E-state index contributed by atoms with van der Waals surface area (Å²) < 4.78 is 34.4. The second-order valence-corrected chi connectivity index (χ2v) is 8.72. The first kappa shape index (κ1) is 21.7. The second kappa shape index (κ2) is 9.64.